The van der Waals surface area contributed by atoms with Gasteiger partial charge in [-0.3, -0.25) is 0 Å². The fraction of sp³-hybridized carbons (Fsp3) is 0. The summed E-state index contributed by atoms with van der Waals surface area (Å²) in [5.74, 6) is 0. The molecule has 0 aliphatic rings. The van der Waals surface area contributed by atoms with E-state index in [1.54, 1.807) is 0 Å². The van der Waals surface area contributed by atoms with Crippen molar-refractivity contribution in [2.45, 2.75) is 0 Å². The summed E-state index contributed by atoms with van der Waals surface area (Å²) in [6.45, 7) is 0. The van der Waals surface area contributed by atoms with Crippen LogP contribution in [-0.4, -0.2) is 0 Å². The van der Waals surface area contributed by atoms with Crippen LogP contribution in [0, 0.1) is 0 Å². The number of rotatable bonds is 0. The molecular weight excluding hydrogens is 869 g/mol. The molecule has 0 unspecified atom stereocenters. The summed E-state index contributed by atoms with van der Waals surface area (Å²) in [6.07, 6.45) is 0. The van der Waals surface area contributed by atoms with Gasteiger partial charge in [0.25, 0.3) is 0 Å². The Hall–Kier alpha value is 5.38. The third-order valence-corrected chi connectivity index (χ3v) is 0. The molecule has 0 aromatic heterocycles. The summed E-state index contributed by atoms with van der Waals surface area (Å²) in [4.78, 5) is 0. The molecule has 0 N–H and O–H groups in total. The standard InChI is InChI=1S/14ClH.2Re/h14*1H;;/q;;;;;;;;;;;;;;2*+7/p-14. The Balaban J connectivity index is 0. The van der Waals surface area contributed by atoms with Crippen LogP contribution >= 0.6 is 0 Å². The number of hydrogen-bond acceptors (Lipinski definition) is 0. The Morgan fingerprint density at radius 1 is 0.125 bits per heavy atom. The third kappa shape index (κ3) is 226. The average Bonchev–Trinajstić information content (AvgIpc) is 0. The fourth-order valence-electron chi connectivity index (χ4n) is 0. The van der Waals surface area contributed by atoms with E-state index < -0.39 is 0 Å². The van der Waals surface area contributed by atoms with Crippen molar-refractivity contribution in [1.29, 1.82) is 0 Å². The largest absolute Gasteiger partial charge is 7.00 e. The molecular formula is Cl14Re2. The molecule has 0 aromatic carbocycles. The zero-order valence-electron chi connectivity index (χ0n) is 6.05. The normalized spacial score (nSPS) is 0. The average molecular weight is 869 g/mol. The molecule has 112 valence electrons. The van der Waals surface area contributed by atoms with E-state index in [4.69, 9.17) is 0 Å². The van der Waals surface area contributed by atoms with E-state index in [2.05, 4.69) is 0 Å². The Morgan fingerprint density at radius 3 is 0.125 bits per heavy atom. The number of hydrogen-bond donors (Lipinski definition) is 0. The second kappa shape index (κ2) is 264. The first-order chi connectivity index (χ1) is 0. The second-order valence-electron chi connectivity index (χ2n) is 0. The van der Waals surface area contributed by atoms with Gasteiger partial charge >= 0.3 is 40.8 Å². The molecule has 0 aliphatic heterocycles. The quantitative estimate of drug-likeness (QED) is 0.228. The monoisotopic (exact) mass is 863 g/mol. The minimum Gasteiger partial charge on any atom is -1.00 e. The number of halogens is 14. The Kier molecular flexibility index (Phi) is 5060. The van der Waals surface area contributed by atoms with E-state index in [9.17, 15) is 0 Å². The van der Waals surface area contributed by atoms with Gasteiger partial charge in [0.1, 0.15) is 0 Å². The van der Waals surface area contributed by atoms with E-state index in [1.807, 2.05) is 0 Å². The summed E-state index contributed by atoms with van der Waals surface area (Å²) < 4.78 is 0. The zero-order valence-corrected chi connectivity index (χ0v) is 22.1. The molecule has 16 heavy (non-hydrogen) atoms. The molecule has 0 aliphatic carbocycles. The van der Waals surface area contributed by atoms with Crippen LogP contribution in [0.15, 0.2) is 0 Å². The maximum Gasteiger partial charge on any atom is 7.00 e. The Bertz CT molecular complexity index is 8.70. The molecule has 0 radical (unpaired) electrons. The molecule has 16 heteroatoms. The van der Waals surface area contributed by atoms with Gasteiger partial charge in [-0.05, 0) is 0 Å². The maximum atomic E-state index is 0. The molecule has 0 rings (SSSR count). The van der Waals surface area contributed by atoms with E-state index >= 15 is 0 Å². The van der Waals surface area contributed by atoms with Crippen LogP contribution in [-0.2, 0) is 40.8 Å². The minimum atomic E-state index is 0. The van der Waals surface area contributed by atoms with Crippen LogP contribution in [0.4, 0.5) is 0 Å². The van der Waals surface area contributed by atoms with Gasteiger partial charge in [-0.25, -0.2) is 0 Å². The fourth-order valence-corrected chi connectivity index (χ4v) is 0. The van der Waals surface area contributed by atoms with E-state index in [0.29, 0.717) is 0 Å². The Labute approximate surface area is 211 Å². The first kappa shape index (κ1) is 306. The van der Waals surface area contributed by atoms with Gasteiger partial charge in [-0.2, -0.15) is 0 Å². The van der Waals surface area contributed by atoms with Crippen molar-refractivity contribution in [3.8, 4) is 0 Å². The second-order valence-corrected chi connectivity index (χ2v) is 0. The third-order valence-electron chi connectivity index (χ3n) is 0. The first-order valence-electron chi connectivity index (χ1n) is 0. The van der Waals surface area contributed by atoms with Gasteiger partial charge in [-0.1, -0.05) is 0 Å². The summed E-state index contributed by atoms with van der Waals surface area (Å²) in [5, 5.41) is 0. The zero-order chi connectivity index (χ0) is 0. The summed E-state index contributed by atoms with van der Waals surface area (Å²) in [7, 11) is 0. The van der Waals surface area contributed by atoms with Crippen LogP contribution in [0.25, 0.3) is 0 Å². The van der Waals surface area contributed by atoms with Gasteiger partial charge in [0, 0.05) is 0 Å². The minimum absolute atomic E-state index is 0. The van der Waals surface area contributed by atoms with Crippen molar-refractivity contribution in [1.82, 2.24) is 0 Å². The van der Waals surface area contributed by atoms with Crippen molar-refractivity contribution >= 4 is 0 Å². The van der Waals surface area contributed by atoms with Crippen molar-refractivity contribution in [3.63, 3.8) is 0 Å². The van der Waals surface area contributed by atoms with Gasteiger partial charge in [-0.15, -0.1) is 0 Å². The van der Waals surface area contributed by atoms with Crippen LogP contribution < -0.4 is 174 Å². The predicted octanol–water partition coefficient (Wildman–Crippen LogP) is -41.9. The van der Waals surface area contributed by atoms with Gasteiger partial charge in [0.15, 0.2) is 0 Å². The van der Waals surface area contributed by atoms with Crippen LogP contribution in [0.5, 0.6) is 0 Å². The molecule has 0 amide bonds. The molecule has 0 saturated heterocycles. The van der Waals surface area contributed by atoms with Gasteiger partial charge < -0.3 is 174 Å². The van der Waals surface area contributed by atoms with E-state index in [1.165, 1.54) is 0 Å². The summed E-state index contributed by atoms with van der Waals surface area (Å²) >= 11 is 0. The molecule has 0 fully saturated rings. The molecule has 0 heterocycles. The van der Waals surface area contributed by atoms with Crippen molar-refractivity contribution < 1.29 is 215 Å². The summed E-state index contributed by atoms with van der Waals surface area (Å²) in [6, 6.07) is 0. The van der Waals surface area contributed by atoms with Gasteiger partial charge in [0.05, 0.1) is 0 Å². The van der Waals surface area contributed by atoms with Gasteiger partial charge in [0.2, 0.25) is 0 Å². The molecule has 0 nitrogen and oxygen atoms in total. The molecule has 0 saturated carbocycles. The van der Waals surface area contributed by atoms with Crippen molar-refractivity contribution in [3.05, 3.63) is 0 Å². The van der Waals surface area contributed by atoms with E-state index in [0.717, 1.165) is 0 Å². The van der Waals surface area contributed by atoms with Crippen LogP contribution in [0.1, 0.15) is 0 Å². The molecule has 0 atom stereocenters. The van der Waals surface area contributed by atoms with Crippen LogP contribution in [0.2, 0.25) is 0 Å². The van der Waals surface area contributed by atoms with E-state index in [-0.39, 0.29) is 215 Å². The first-order valence-corrected chi connectivity index (χ1v) is 0. The predicted molar refractivity (Wildman–Crippen MR) is 0 cm³/mol. The topological polar surface area (TPSA) is 0 Å². The van der Waals surface area contributed by atoms with Crippen molar-refractivity contribution in [2.75, 3.05) is 0 Å². The Morgan fingerprint density at radius 2 is 0.125 bits per heavy atom. The maximum absolute atomic E-state index is 0. The molecule has 0 spiro atoms. The molecule has 0 bridgehead atoms. The smallest absolute Gasteiger partial charge is 1.00 e. The van der Waals surface area contributed by atoms with Crippen molar-refractivity contribution in [2.24, 2.45) is 0 Å². The summed E-state index contributed by atoms with van der Waals surface area (Å²) in [5.41, 5.74) is 0. The SMILES string of the molecule is [Cl-].[Cl-].[Cl-].[Cl-].[Cl-].[Cl-].[Cl-].[Cl-].[Cl-].[Cl-].[Cl-].[Cl-].[Cl-].[Cl-].[Re+7].[Re+7]. The molecule has 0 aromatic rings. The van der Waals surface area contributed by atoms with Crippen LogP contribution in [0.3, 0.4) is 0 Å².